The SMILES string of the molecule is O=C(CNc1cnn(-c2ccccc2)c(=O)c1Cl)NCc1ccco1. The average molecular weight is 359 g/mol. The van der Waals surface area contributed by atoms with Crippen molar-refractivity contribution in [1.29, 1.82) is 0 Å². The summed E-state index contributed by atoms with van der Waals surface area (Å²) in [4.78, 5) is 24.2. The number of carbonyl (C=O) groups excluding carboxylic acids is 1. The van der Waals surface area contributed by atoms with E-state index in [1.165, 1.54) is 17.1 Å². The average Bonchev–Trinajstić information content (AvgIpc) is 3.15. The van der Waals surface area contributed by atoms with Gasteiger partial charge in [-0.25, -0.2) is 0 Å². The van der Waals surface area contributed by atoms with Gasteiger partial charge in [-0.05, 0) is 24.3 Å². The maximum Gasteiger partial charge on any atom is 0.292 e. The van der Waals surface area contributed by atoms with Crippen molar-refractivity contribution in [2.24, 2.45) is 0 Å². The highest BCUT2D eigenvalue weighted by molar-refractivity contribution is 6.33. The second-order valence-corrected chi connectivity index (χ2v) is 5.51. The second-order valence-electron chi connectivity index (χ2n) is 5.13. The summed E-state index contributed by atoms with van der Waals surface area (Å²) in [6, 6.07) is 12.4. The van der Waals surface area contributed by atoms with E-state index in [0.717, 1.165) is 0 Å². The molecule has 2 aromatic heterocycles. The van der Waals surface area contributed by atoms with Gasteiger partial charge in [-0.3, -0.25) is 9.59 Å². The third-order valence-electron chi connectivity index (χ3n) is 3.40. The Labute approximate surface area is 148 Å². The molecule has 0 fully saturated rings. The lowest BCUT2D eigenvalue weighted by Crippen LogP contribution is -2.30. The number of rotatable bonds is 6. The first-order chi connectivity index (χ1) is 12.1. The van der Waals surface area contributed by atoms with Crippen LogP contribution in [0, 0.1) is 0 Å². The van der Waals surface area contributed by atoms with Crippen molar-refractivity contribution in [2.45, 2.75) is 6.54 Å². The van der Waals surface area contributed by atoms with Crippen LogP contribution in [0.25, 0.3) is 5.69 Å². The molecule has 0 radical (unpaired) electrons. The number of benzene rings is 1. The predicted octanol–water partition coefficient (Wildman–Crippen LogP) is 2.21. The number of hydrogen-bond acceptors (Lipinski definition) is 5. The molecule has 2 N–H and O–H groups in total. The lowest BCUT2D eigenvalue weighted by molar-refractivity contribution is -0.119. The summed E-state index contributed by atoms with van der Waals surface area (Å²) in [6.07, 6.45) is 2.95. The molecular weight excluding hydrogens is 344 g/mol. The quantitative estimate of drug-likeness (QED) is 0.705. The topological polar surface area (TPSA) is 89.2 Å². The summed E-state index contributed by atoms with van der Waals surface area (Å²) >= 11 is 6.11. The molecule has 8 heteroatoms. The summed E-state index contributed by atoms with van der Waals surface area (Å²) in [5.74, 6) is 0.387. The summed E-state index contributed by atoms with van der Waals surface area (Å²) in [5.41, 5.74) is 0.443. The zero-order valence-electron chi connectivity index (χ0n) is 13.1. The summed E-state index contributed by atoms with van der Waals surface area (Å²) < 4.78 is 6.33. The van der Waals surface area contributed by atoms with Crippen molar-refractivity contribution in [2.75, 3.05) is 11.9 Å². The summed E-state index contributed by atoms with van der Waals surface area (Å²) in [7, 11) is 0. The van der Waals surface area contributed by atoms with Gasteiger partial charge in [0.1, 0.15) is 10.8 Å². The van der Waals surface area contributed by atoms with Crippen molar-refractivity contribution >= 4 is 23.2 Å². The maximum absolute atomic E-state index is 12.3. The van der Waals surface area contributed by atoms with E-state index < -0.39 is 5.56 Å². The minimum atomic E-state index is -0.464. The highest BCUT2D eigenvalue weighted by Crippen LogP contribution is 2.16. The second kappa shape index (κ2) is 7.67. The van der Waals surface area contributed by atoms with E-state index in [-0.39, 0.29) is 24.0 Å². The van der Waals surface area contributed by atoms with Gasteiger partial charge in [0.25, 0.3) is 5.56 Å². The molecule has 0 unspecified atom stereocenters. The molecule has 2 heterocycles. The number of nitrogens with one attached hydrogen (secondary N) is 2. The van der Waals surface area contributed by atoms with Crippen LogP contribution in [0.15, 0.2) is 64.1 Å². The number of furan rings is 1. The number of anilines is 1. The number of carbonyl (C=O) groups is 1. The van der Waals surface area contributed by atoms with Crippen LogP contribution in [-0.4, -0.2) is 22.2 Å². The Morgan fingerprint density at radius 1 is 1.20 bits per heavy atom. The van der Waals surface area contributed by atoms with Gasteiger partial charge in [0.2, 0.25) is 5.91 Å². The lowest BCUT2D eigenvalue weighted by atomic mass is 10.3. The van der Waals surface area contributed by atoms with E-state index in [4.69, 9.17) is 16.0 Å². The highest BCUT2D eigenvalue weighted by Gasteiger charge is 2.11. The lowest BCUT2D eigenvalue weighted by Gasteiger charge is -2.10. The van der Waals surface area contributed by atoms with Crippen molar-refractivity contribution in [3.05, 3.63) is 76.1 Å². The number of halogens is 1. The van der Waals surface area contributed by atoms with Crippen LogP contribution in [0.5, 0.6) is 0 Å². The maximum atomic E-state index is 12.3. The zero-order chi connectivity index (χ0) is 17.6. The molecule has 0 aliphatic carbocycles. The molecule has 7 nitrogen and oxygen atoms in total. The fraction of sp³-hybridized carbons (Fsp3) is 0.118. The van der Waals surface area contributed by atoms with Gasteiger partial charge >= 0.3 is 0 Å². The molecule has 3 rings (SSSR count). The number of amides is 1. The fourth-order valence-corrected chi connectivity index (χ4v) is 2.34. The summed E-state index contributed by atoms with van der Waals surface area (Å²) in [6.45, 7) is 0.242. The normalized spacial score (nSPS) is 10.4. The van der Waals surface area contributed by atoms with Crippen LogP contribution in [0.2, 0.25) is 5.02 Å². The minimum Gasteiger partial charge on any atom is -0.467 e. The first-order valence-corrected chi connectivity index (χ1v) is 7.89. The molecule has 0 saturated heterocycles. The molecule has 25 heavy (non-hydrogen) atoms. The minimum absolute atomic E-state index is 0.0299. The third kappa shape index (κ3) is 4.07. The van der Waals surface area contributed by atoms with E-state index in [1.54, 1.807) is 36.4 Å². The van der Waals surface area contributed by atoms with Gasteiger partial charge in [-0.15, -0.1) is 0 Å². The predicted molar refractivity (Wildman–Crippen MR) is 93.9 cm³/mol. The molecule has 0 bridgehead atoms. The molecule has 128 valence electrons. The Kier molecular flexibility index (Phi) is 5.15. The van der Waals surface area contributed by atoms with Crippen molar-refractivity contribution in [1.82, 2.24) is 15.1 Å². The van der Waals surface area contributed by atoms with E-state index in [1.807, 2.05) is 6.07 Å². The Morgan fingerprint density at radius 2 is 2.00 bits per heavy atom. The smallest absolute Gasteiger partial charge is 0.292 e. The summed E-state index contributed by atoms with van der Waals surface area (Å²) in [5, 5.41) is 9.55. The van der Waals surface area contributed by atoms with Crippen LogP contribution < -0.4 is 16.2 Å². The zero-order valence-corrected chi connectivity index (χ0v) is 13.9. The van der Waals surface area contributed by atoms with Crippen molar-refractivity contribution < 1.29 is 9.21 Å². The number of para-hydroxylation sites is 1. The molecule has 0 atom stereocenters. The third-order valence-corrected chi connectivity index (χ3v) is 3.76. The Bertz CT molecular complexity index is 907. The van der Waals surface area contributed by atoms with Crippen LogP contribution >= 0.6 is 11.6 Å². The number of hydrogen-bond donors (Lipinski definition) is 2. The number of aromatic nitrogens is 2. The van der Waals surface area contributed by atoms with Crippen LogP contribution in [0.4, 0.5) is 5.69 Å². The first-order valence-electron chi connectivity index (χ1n) is 7.51. The molecule has 1 aromatic carbocycles. The Hall–Kier alpha value is -3.06. The fourth-order valence-electron chi connectivity index (χ4n) is 2.15. The monoisotopic (exact) mass is 358 g/mol. The van der Waals surface area contributed by atoms with Gasteiger partial charge in [0.15, 0.2) is 0 Å². The molecule has 0 aliphatic heterocycles. The van der Waals surface area contributed by atoms with Crippen LogP contribution in [0.3, 0.4) is 0 Å². The van der Waals surface area contributed by atoms with E-state index in [0.29, 0.717) is 17.1 Å². The molecule has 1 amide bonds. The Morgan fingerprint density at radius 3 is 2.72 bits per heavy atom. The standard InChI is InChI=1S/C17H15ClN4O3/c18-16-14(19-11-15(23)20-9-13-7-4-8-25-13)10-21-22(17(16)24)12-5-2-1-3-6-12/h1-8,10,19H,9,11H2,(H,20,23). The van der Waals surface area contributed by atoms with Gasteiger partial charge in [0.05, 0.1) is 36.9 Å². The van der Waals surface area contributed by atoms with Crippen LogP contribution in [0.1, 0.15) is 5.76 Å². The molecule has 0 aliphatic rings. The van der Waals surface area contributed by atoms with E-state index in [2.05, 4.69) is 15.7 Å². The van der Waals surface area contributed by atoms with E-state index in [9.17, 15) is 9.59 Å². The van der Waals surface area contributed by atoms with Gasteiger partial charge in [-0.1, -0.05) is 29.8 Å². The first kappa shape index (κ1) is 16.8. The largest absolute Gasteiger partial charge is 0.467 e. The van der Waals surface area contributed by atoms with Crippen LogP contribution in [-0.2, 0) is 11.3 Å². The van der Waals surface area contributed by atoms with Crippen molar-refractivity contribution in [3.63, 3.8) is 0 Å². The van der Waals surface area contributed by atoms with Gasteiger partial charge in [0, 0.05) is 0 Å². The van der Waals surface area contributed by atoms with E-state index >= 15 is 0 Å². The Balaban J connectivity index is 1.64. The van der Waals surface area contributed by atoms with Gasteiger partial charge in [-0.2, -0.15) is 9.78 Å². The highest BCUT2D eigenvalue weighted by atomic mass is 35.5. The molecule has 3 aromatic rings. The molecule has 0 saturated carbocycles. The van der Waals surface area contributed by atoms with Gasteiger partial charge < -0.3 is 15.1 Å². The molecule has 0 spiro atoms. The van der Waals surface area contributed by atoms with Crippen molar-refractivity contribution in [3.8, 4) is 5.69 Å². The molecular formula is C17H15ClN4O3. The number of nitrogens with zero attached hydrogens (tertiary/aromatic N) is 2.